The predicted molar refractivity (Wildman–Crippen MR) is 87.8 cm³/mol. The number of fused-ring (bicyclic) bond motifs is 1. The summed E-state index contributed by atoms with van der Waals surface area (Å²) in [4.78, 5) is 4.63. The lowest BCUT2D eigenvalue weighted by Gasteiger charge is -2.13. The van der Waals surface area contributed by atoms with Crippen LogP contribution >= 0.6 is 27.5 Å². The molecule has 0 spiro atoms. The molecule has 0 saturated carbocycles. The van der Waals surface area contributed by atoms with Crippen LogP contribution < -0.4 is 0 Å². The molecule has 3 rings (SSSR count). The molecule has 20 heavy (non-hydrogen) atoms. The van der Waals surface area contributed by atoms with Crippen LogP contribution in [0.4, 0.5) is 0 Å². The van der Waals surface area contributed by atoms with E-state index in [1.54, 1.807) is 0 Å². The number of hydrogen-bond donors (Lipinski definition) is 0. The summed E-state index contributed by atoms with van der Waals surface area (Å²) in [6.07, 6.45) is 0. The highest BCUT2D eigenvalue weighted by Crippen LogP contribution is 2.28. The van der Waals surface area contributed by atoms with Gasteiger partial charge in [-0.1, -0.05) is 28.1 Å². The molecule has 0 saturated heterocycles. The Morgan fingerprint density at radius 3 is 2.75 bits per heavy atom. The summed E-state index contributed by atoms with van der Waals surface area (Å²) in [7, 11) is 0. The van der Waals surface area contributed by atoms with Gasteiger partial charge in [0, 0.05) is 4.47 Å². The van der Waals surface area contributed by atoms with Gasteiger partial charge in [0.05, 0.1) is 22.6 Å². The second kappa shape index (κ2) is 5.23. The summed E-state index contributed by atoms with van der Waals surface area (Å²) in [6, 6.07) is 12.4. The van der Waals surface area contributed by atoms with Crippen molar-refractivity contribution in [2.24, 2.45) is 0 Å². The Morgan fingerprint density at radius 1 is 1.20 bits per heavy atom. The minimum absolute atomic E-state index is 0.389. The summed E-state index contributed by atoms with van der Waals surface area (Å²) in [5.74, 6) is 1.26. The molecule has 0 fully saturated rings. The van der Waals surface area contributed by atoms with E-state index >= 15 is 0 Å². The highest BCUT2D eigenvalue weighted by molar-refractivity contribution is 9.10. The highest BCUT2D eigenvalue weighted by atomic mass is 79.9. The largest absolute Gasteiger partial charge is 0.295 e. The first-order valence-corrected chi connectivity index (χ1v) is 7.74. The van der Waals surface area contributed by atoms with Gasteiger partial charge in [0.25, 0.3) is 0 Å². The van der Waals surface area contributed by atoms with Crippen LogP contribution in [0.2, 0.25) is 0 Å². The Morgan fingerprint density at radius 2 is 2.00 bits per heavy atom. The van der Waals surface area contributed by atoms with Crippen molar-refractivity contribution in [2.75, 3.05) is 0 Å². The molecule has 102 valence electrons. The minimum Gasteiger partial charge on any atom is -0.295 e. The third-order valence-corrected chi connectivity index (χ3v) is 4.35. The van der Waals surface area contributed by atoms with E-state index in [0.717, 1.165) is 27.0 Å². The molecular weight excluding hydrogens is 336 g/mol. The Labute approximate surface area is 131 Å². The monoisotopic (exact) mass is 348 g/mol. The number of alkyl halides is 1. The van der Waals surface area contributed by atoms with Crippen molar-refractivity contribution in [1.29, 1.82) is 0 Å². The number of rotatable bonds is 2. The van der Waals surface area contributed by atoms with Crippen molar-refractivity contribution in [3.63, 3.8) is 0 Å². The standard InChI is InChI=1S/C16H14BrClN2/c1-10-4-3-5-14(11(10)2)20-15-8-12(17)6-7-13(15)19-16(20)9-18/h3-8H,9H2,1-2H3. The molecule has 0 aliphatic rings. The van der Waals surface area contributed by atoms with Crippen LogP contribution in [-0.2, 0) is 5.88 Å². The van der Waals surface area contributed by atoms with E-state index in [0.29, 0.717) is 5.88 Å². The summed E-state index contributed by atoms with van der Waals surface area (Å²) in [5.41, 5.74) is 5.69. The van der Waals surface area contributed by atoms with E-state index in [9.17, 15) is 0 Å². The maximum atomic E-state index is 6.09. The summed E-state index contributed by atoms with van der Waals surface area (Å²) < 4.78 is 3.19. The number of imidazole rings is 1. The molecule has 0 N–H and O–H groups in total. The quantitative estimate of drug-likeness (QED) is 0.585. The van der Waals surface area contributed by atoms with Crippen LogP contribution in [-0.4, -0.2) is 9.55 Å². The third kappa shape index (κ3) is 2.15. The van der Waals surface area contributed by atoms with Gasteiger partial charge in [-0.05, 0) is 49.2 Å². The fraction of sp³-hybridized carbons (Fsp3) is 0.188. The molecule has 2 aromatic carbocycles. The molecule has 2 nitrogen and oxygen atoms in total. The third-order valence-electron chi connectivity index (χ3n) is 3.62. The van der Waals surface area contributed by atoms with Gasteiger partial charge in [-0.15, -0.1) is 11.6 Å². The second-order valence-electron chi connectivity index (χ2n) is 4.85. The molecule has 0 atom stereocenters. The van der Waals surface area contributed by atoms with Gasteiger partial charge < -0.3 is 0 Å². The van der Waals surface area contributed by atoms with Crippen molar-refractivity contribution in [3.8, 4) is 5.69 Å². The number of aryl methyl sites for hydroxylation is 1. The summed E-state index contributed by atoms with van der Waals surface area (Å²) in [6.45, 7) is 4.25. The lowest BCUT2D eigenvalue weighted by Crippen LogP contribution is -2.02. The molecule has 0 aliphatic heterocycles. The number of halogens is 2. The molecule has 0 aliphatic carbocycles. The van der Waals surface area contributed by atoms with E-state index < -0.39 is 0 Å². The molecule has 0 unspecified atom stereocenters. The zero-order valence-corrected chi connectivity index (χ0v) is 13.7. The first kappa shape index (κ1) is 13.7. The van der Waals surface area contributed by atoms with Crippen molar-refractivity contribution in [3.05, 3.63) is 57.8 Å². The minimum atomic E-state index is 0.389. The smallest absolute Gasteiger partial charge is 0.129 e. The number of hydrogen-bond acceptors (Lipinski definition) is 1. The zero-order chi connectivity index (χ0) is 14.3. The normalized spacial score (nSPS) is 11.2. The maximum absolute atomic E-state index is 6.09. The molecule has 0 bridgehead atoms. The second-order valence-corrected chi connectivity index (χ2v) is 6.03. The van der Waals surface area contributed by atoms with Gasteiger partial charge in [0.15, 0.2) is 0 Å². The molecule has 0 amide bonds. The number of benzene rings is 2. The maximum Gasteiger partial charge on any atom is 0.129 e. The average molecular weight is 350 g/mol. The first-order chi connectivity index (χ1) is 9.61. The van der Waals surface area contributed by atoms with Crippen molar-refractivity contribution < 1.29 is 0 Å². The SMILES string of the molecule is Cc1cccc(-n2c(CCl)nc3ccc(Br)cc32)c1C. The first-order valence-electron chi connectivity index (χ1n) is 6.41. The molecular formula is C16H14BrClN2. The van der Waals surface area contributed by atoms with Crippen LogP contribution in [0.15, 0.2) is 40.9 Å². The predicted octanol–water partition coefficient (Wildman–Crippen LogP) is 5.14. The summed E-state index contributed by atoms with van der Waals surface area (Å²) in [5, 5.41) is 0. The van der Waals surface area contributed by atoms with E-state index in [1.807, 2.05) is 12.1 Å². The van der Waals surface area contributed by atoms with E-state index in [-0.39, 0.29) is 0 Å². The van der Waals surface area contributed by atoms with E-state index in [2.05, 4.69) is 63.6 Å². The molecule has 0 radical (unpaired) electrons. The topological polar surface area (TPSA) is 17.8 Å². The average Bonchev–Trinajstić information content (AvgIpc) is 2.79. The Balaban J connectivity index is 2.39. The van der Waals surface area contributed by atoms with Gasteiger partial charge in [-0.3, -0.25) is 4.57 Å². The number of aromatic nitrogens is 2. The fourth-order valence-electron chi connectivity index (χ4n) is 2.43. The van der Waals surface area contributed by atoms with Crippen LogP contribution in [0.5, 0.6) is 0 Å². The van der Waals surface area contributed by atoms with Crippen LogP contribution in [0.3, 0.4) is 0 Å². The lowest BCUT2D eigenvalue weighted by atomic mass is 10.1. The van der Waals surface area contributed by atoms with Crippen molar-refractivity contribution in [1.82, 2.24) is 9.55 Å². The molecule has 1 aromatic heterocycles. The Kier molecular flexibility index (Phi) is 3.57. The lowest BCUT2D eigenvalue weighted by molar-refractivity contribution is 0.969. The van der Waals surface area contributed by atoms with Crippen LogP contribution in [0.25, 0.3) is 16.7 Å². The van der Waals surface area contributed by atoms with Gasteiger partial charge in [-0.2, -0.15) is 0 Å². The van der Waals surface area contributed by atoms with Gasteiger partial charge in [0.2, 0.25) is 0 Å². The van der Waals surface area contributed by atoms with E-state index in [4.69, 9.17) is 11.6 Å². The fourth-order valence-corrected chi connectivity index (χ4v) is 2.96. The Bertz CT molecular complexity index is 793. The summed E-state index contributed by atoms with van der Waals surface area (Å²) >= 11 is 9.62. The van der Waals surface area contributed by atoms with Crippen molar-refractivity contribution in [2.45, 2.75) is 19.7 Å². The highest BCUT2D eigenvalue weighted by Gasteiger charge is 2.14. The Hall–Kier alpha value is -1.32. The van der Waals surface area contributed by atoms with Gasteiger partial charge in [-0.25, -0.2) is 4.98 Å². The van der Waals surface area contributed by atoms with Crippen LogP contribution in [0, 0.1) is 13.8 Å². The zero-order valence-electron chi connectivity index (χ0n) is 11.3. The van der Waals surface area contributed by atoms with Crippen molar-refractivity contribution >= 4 is 38.6 Å². The molecule has 1 heterocycles. The molecule has 4 heteroatoms. The van der Waals surface area contributed by atoms with Crippen LogP contribution in [0.1, 0.15) is 17.0 Å². The van der Waals surface area contributed by atoms with Gasteiger partial charge >= 0.3 is 0 Å². The molecule has 3 aromatic rings. The van der Waals surface area contributed by atoms with E-state index in [1.165, 1.54) is 11.1 Å². The number of nitrogens with zero attached hydrogens (tertiary/aromatic N) is 2. The van der Waals surface area contributed by atoms with Gasteiger partial charge in [0.1, 0.15) is 5.82 Å².